The van der Waals surface area contributed by atoms with Crippen molar-refractivity contribution < 1.29 is 5.11 Å². The van der Waals surface area contributed by atoms with Crippen molar-refractivity contribution in [1.29, 1.82) is 0 Å². The zero-order valence-corrected chi connectivity index (χ0v) is 13.6. The topological polar surface area (TPSA) is 33.1 Å². The minimum absolute atomic E-state index is 0.289. The number of hydrogen-bond acceptors (Lipinski definition) is 2. The predicted molar refractivity (Wildman–Crippen MR) is 93.5 cm³/mol. The van der Waals surface area contributed by atoms with Gasteiger partial charge < -0.3 is 5.11 Å². The Balaban J connectivity index is 2.14. The molecule has 23 heavy (non-hydrogen) atoms. The Kier molecular flexibility index (Phi) is 4.46. The molecule has 0 bridgehead atoms. The lowest BCUT2D eigenvalue weighted by Crippen LogP contribution is -2.31. The molecule has 3 aromatic rings. The van der Waals surface area contributed by atoms with Crippen molar-refractivity contribution in [2.45, 2.75) is 18.4 Å². The lowest BCUT2D eigenvalue weighted by molar-refractivity contribution is 0.0380. The van der Waals surface area contributed by atoms with E-state index >= 15 is 0 Å². The number of rotatable bonds is 4. The summed E-state index contributed by atoms with van der Waals surface area (Å²) in [6.07, 6.45) is 1.75. The van der Waals surface area contributed by atoms with Crippen LogP contribution in [0.4, 0.5) is 0 Å². The van der Waals surface area contributed by atoms with E-state index in [1.807, 2.05) is 79.7 Å². The molecule has 116 valence electrons. The standard InChI is InChI=1S/C20H18ClNO/c1-20(23,16-7-3-2-4-8-16)19(18-9-5-6-14-22-18)15-10-12-17(21)13-11-15/h2-14,19,23H,1H3/t19-,20+/m1/s1. The molecule has 0 aliphatic rings. The van der Waals surface area contributed by atoms with Gasteiger partial charge in [-0.3, -0.25) is 4.98 Å². The second-order valence-electron chi connectivity index (χ2n) is 5.75. The highest BCUT2D eigenvalue weighted by Gasteiger charge is 2.36. The monoisotopic (exact) mass is 323 g/mol. The van der Waals surface area contributed by atoms with Crippen LogP contribution in [-0.4, -0.2) is 10.1 Å². The van der Waals surface area contributed by atoms with Crippen LogP contribution in [0.5, 0.6) is 0 Å². The van der Waals surface area contributed by atoms with Gasteiger partial charge in [-0.2, -0.15) is 0 Å². The van der Waals surface area contributed by atoms with E-state index < -0.39 is 5.60 Å². The summed E-state index contributed by atoms with van der Waals surface area (Å²) < 4.78 is 0. The Morgan fingerprint density at radius 3 is 2.17 bits per heavy atom. The van der Waals surface area contributed by atoms with E-state index in [9.17, 15) is 5.11 Å². The predicted octanol–water partition coefficient (Wildman–Crippen LogP) is 4.77. The maximum Gasteiger partial charge on any atom is 0.0992 e. The van der Waals surface area contributed by atoms with E-state index in [-0.39, 0.29) is 5.92 Å². The third-order valence-electron chi connectivity index (χ3n) is 4.11. The lowest BCUT2D eigenvalue weighted by Gasteiger charge is -2.33. The van der Waals surface area contributed by atoms with E-state index in [1.165, 1.54) is 0 Å². The first-order valence-corrected chi connectivity index (χ1v) is 7.91. The highest BCUT2D eigenvalue weighted by Crippen LogP contribution is 2.40. The molecule has 0 spiro atoms. The number of aromatic nitrogens is 1. The summed E-state index contributed by atoms with van der Waals surface area (Å²) in [5, 5.41) is 12.0. The summed E-state index contributed by atoms with van der Waals surface area (Å²) in [5.74, 6) is -0.289. The van der Waals surface area contributed by atoms with Crippen LogP contribution in [0.1, 0.15) is 29.7 Å². The van der Waals surface area contributed by atoms with Gasteiger partial charge in [0.2, 0.25) is 0 Å². The molecular weight excluding hydrogens is 306 g/mol. The normalized spacial score (nSPS) is 14.9. The average molecular weight is 324 g/mol. The molecule has 1 N–H and O–H groups in total. The average Bonchev–Trinajstić information content (AvgIpc) is 2.58. The third-order valence-corrected chi connectivity index (χ3v) is 4.36. The molecule has 2 aromatic carbocycles. The van der Waals surface area contributed by atoms with Gasteiger partial charge in [0.15, 0.2) is 0 Å². The molecule has 0 aliphatic heterocycles. The number of hydrogen-bond donors (Lipinski definition) is 1. The van der Waals surface area contributed by atoms with E-state index in [0.717, 1.165) is 16.8 Å². The van der Waals surface area contributed by atoms with E-state index in [0.29, 0.717) is 5.02 Å². The molecule has 1 aromatic heterocycles. The summed E-state index contributed by atoms with van der Waals surface area (Å²) in [4.78, 5) is 4.48. The molecule has 0 amide bonds. The Morgan fingerprint density at radius 2 is 1.57 bits per heavy atom. The van der Waals surface area contributed by atoms with Crippen LogP contribution < -0.4 is 0 Å². The van der Waals surface area contributed by atoms with Crippen molar-refractivity contribution in [3.8, 4) is 0 Å². The zero-order valence-electron chi connectivity index (χ0n) is 12.9. The third kappa shape index (κ3) is 3.29. The van der Waals surface area contributed by atoms with Crippen molar-refractivity contribution in [3.63, 3.8) is 0 Å². The molecule has 1 heterocycles. The SMILES string of the molecule is C[C@](O)(c1ccccc1)[C@H](c1ccc(Cl)cc1)c1ccccn1. The highest BCUT2D eigenvalue weighted by atomic mass is 35.5. The maximum absolute atomic E-state index is 11.3. The van der Waals surface area contributed by atoms with Crippen molar-refractivity contribution in [2.24, 2.45) is 0 Å². The molecule has 3 rings (SSSR count). The molecular formula is C20H18ClNO. The molecule has 3 heteroatoms. The van der Waals surface area contributed by atoms with Gasteiger partial charge in [0.1, 0.15) is 0 Å². The van der Waals surface area contributed by atoms with Crippen LogP contribution in [0.15, 0.2) is 79.0 Å². The number of benzene rings is 2. The van der Waals surface area contributed by atoms with Gasteiger partial charge in [-0.05, 0) is 42.3 Å². The number of aliphatic hydroxyl groups is 1. The quantitative estimate of drug-likeness (QED) is 0.750. The van der Waals surface area contributed by atoms with Gasteiger partial charge in [-0.1, -0.05) is 60.1 Å². The van der Waals surface area contributed by atoms with Crippen LogP contribution in [0.2, 0.25) is 5.02 Å². The van der Waals surface area contributed by atoms with E-state index in [2.05, 4.69) is 4.98 Å². The van der Waals surface area contributed by atoms with Crippen LogP contribution in [-0.2, 0) is 5.60 Å². The first kappa shape index (κ1) is 15.7. The van der Waals surface area contributed by atoms with Gasteiger partial charge >= 0.3 is 0 Å². The molecule has 0 saturated heterocycles. The molecule has 2 nitrogen and oxygen atoms in total. The Bertz CT molecular complexity index is 755. The Hall–Kier alpha value is -2.16. The van der Waals surface area contributed by atoms with Crippen molar-refractivity contribution in [3.05, 3.63) is 101 Å². The fraction of sp³-hybridized carbons (Fsp3) is 0.150. The van der Waals surface area contributed by atoms with Crippen LogP contribution in [0.25, 0.3) is 0 Å². The number of pyridine rings is 1. The highest BCUT2D eigenvalue weighted by molar-refractivity contribution is 6.30. The second-order valence-corrected chi connectivity index (χ2v) is 6.19. The molecule has 0 fully saturated rings. The fourth-order valence-corrected chi connectivity index (χ4v) is 3.05. The number of halogens is 1. The smallest absolute Gasteiger partial charge is 0.0992 e. The minimum atomic E-state index is -1.09. The van der Waals surface area contributed by atoms with Gasteiger partial charge in [0.25, 0.3) is 0 Å². The molecule has 0 radical (unpaired) electrons. The molecule has 2 atom stereocenters. The van der Waals surface area contributed by atoms with Gasteiger partial charge in [-0.25, -0.2) is 0 Å². The Labute approximate surface area is 141 Å². The van der Waals surface area contributed by atoms with Gasteiger partial charge in [0.05, 0.1) is 17.2 Å². The van der Waals surface area contributed by atoms with E-state index in [1.54, 1.807) is 6.20 Å². The molecule has 0 saturated carbocycles. The summed E-state index contributed by atoms with van der Waals surface area (Å²) in [7, 11) is 0. The summed E-state index contributed by atoms with van der Waals surface area (Å²) in [6.45, 7) is 1.83. The largest absolute Gasteiger partial charge is 0.384 e. The van der Waals surface area contributed by atoms with Crippen LogP contribution in [0.3, 0.4) is 0 Å². The van der Waals surface area contributed by atoms with Crippen LogP contribution >= 0.6 is 11.6 Å². The van der Waals surface area contributed by atoms with Crippen molar-refractivity contribution in [1.82, 2.24) is 4.98 Å². The van der Waals surface area contributed by atoms with E-state index in [4.69, 9.17) is 11.6 Å². The zero-order chi connectivity index (χ0) is 16.3. The molecule has 0 unspecified atom stereocenters. The Morgan fingerprint density at radius 1 is 0.913 bits per heavy atom. The first-order chi connectivity index (χ1) is 11.1. The maximum atomic E-state index is 11.3. The minimum Gasteiger partial charge on any atom is -0.384 e. The van der Waals surface area contributed by atoms with Gasteiger partial charge in [0, 0.05) is 11.2 Å². The fourth-order valence-electron chi connectivity index (χ4n) is 2.93. The summed E-state index contributed by atoms with van der Waals surface area (Å²) >= 11 is 6.02. The molecule has 0 aliphatic carbocycles. The summed E-state index contributed by atoms with van der Waals surface area (Å²) in [6, 6.07) is 23.0. The summed E-state index contributed by atoms with van der Waals surface area (Å²) in [5.41, 5.74) is 1.56. The van der Waals surface area contributed by atoms with Gasteiger partial charge in [-0.15, -0.1) is 0 Å². The lowest BCUT2D eigenvalue weighted by atomic mass is 9.76. The second kappa shape index (κ2) is 6.53. The van der Waals surface area contributed by atoms with Crippen molar-refractivity contribution >= 4 is 11.6 Å². The first-order valence-electron chi connectivity index (χ1n) is 7.53. The van der Waals surface area contributed by atoms with Crippen LogP contribution in [0, 0.1) is 0 Å². The number of nitrogens with zero attached hydrogens (tertiary/aromatic N) is 1. The van der Waals surface area contributed by atoms with Crippen molar-refractivity contribution in [2.75, 3.05) is 0 Å².